The van der Waals surface area contributed by atoms with Crippen LogP contribution in [0.5, 0.6) is 0 Å². The van der Waals surface area contributed by atoms with Crippen molar-refractivity contribution in [2.45, 2.75) is 0 Å². The highest BCUT2D eigenvalue weighted by Crippen LogP contribution is 2.37. The molecule has 5 rings (SSSR count). The lowest BCUT2D eigenvalue weighted by atomic mass is 9.22. The van der Waals surface area contributed by atoms with Crippen LogP contribution in [0.1, 0.15) is 0 Å². The average molecular weight is 680 g/mol. The van der Waals surface area contributed by atoms with E-state index in [2.05, 4.69) is 0 Å². The molecule has 0 aliphatic heterocycles. The molecule has 0 heterocycles. The molecule has 5 aromatic rings. The molecule has 0 saturated heterocycles. The van der Waals surface area contributed by atoms with Crippen LogP contribution >= 0.6 is 0 Å². The van der Waals surface area contributed by atoms with Gasteiger partial charge in [-0.25, -0.2) is 65.9 Å². The first-order valence-corrected chi connectivity index (χ1v) is 12.7. The van der Waals surface area contributed by atoms with Crippen molar-refractivity contribution >= 4 is 34.0 Å². The van der Waals surface area contributed by atoms with E-state index in [9.17, 15) is 39.5 Å². The van der Waals surface area contributed by atoms with E-state index in [-0.39, 0.29) is 4.81 Å². The van der Waals surface area contributed by atoms with E-state index in [0.29, 0.717) is 0 Å². The number of halogens is 15. The molecule has 0 aliphatic carbocycles. The van der Waals surface area contributed by atoms with E-state index in [4.69, 9.17) is 0 Å². The second-order valence-electron chi connectivity index (χ2n) is 9.81. The molecule has 0 fully saturated rings. The monoisotopic (exact) mass is 680 g/mol. The van der Waals surface area contributed by atoms with E-state index >= 15 is 26.3 Å². The maximum Gasteiger partial charge on any atom is 0.200 e. The van der Waals surface area contributed by atoms with Gasteiger partial charge in [0.25, 0.3) is 0 Å². The van der Waals surface area contributed by atoms with Crippen molar-refractivity contribution < 1.29 is 65.9 Å². The predicted molar refractivity (Wildman–Crippen MR) is 138 cm³/mol. The van der Waals surface area contributed by atoms with Crippen molar-refractivity contribution in [1.29, 1.82) is 0 Å². The molecule has 0 aromatic heterocycles. The molecule has 0 unspecified atom stereocenters. The zero-order chi connectivity index (χ0) is 34.7. The Hall–Kier alpha value is -5.09. The lowest BCUT2D eigenvalue weighted by Crippen LogP contribution is -2.81. The van der Waals surface area contributed by atoms with Gasteiger partial charge in [0.05, 0.1) is 0 Å². The van der Waals surface area contributed by atoms with E-state index in [0.717, 1.165) is 48.5 Å². The maximum atomic E-state index is 16.0. The lowest BCUT2D eigenvalue weighted by Gasteiger charge is -2.54. The molecule has 0 amide bonds. The van der Waals surface area contributed by atoms with Gasteiger partial charge >= 0.3 is 0 Å². The first kappa shape index (κ1) is 33.3. The van der Waals surface area contributed by atoms with Crippen LogP contribution in [-0.4, -0.2) is 6.28 Å². The van der Waals surface area contributed by atoms with Gasteiger partial charge in [-0.05, 0) is 24.3 Å². The summed E-state index contributed by atoms with van der Waals surface area (Å²) in [5, 5.41) is 0. The molecule has 1 nitrogen and oxygen atoms in total. The largest absolute Gasteiger partial charge is 0.504 e. The van der Waals surface area contributed by atoms with Crippen molar-refractivity contribution in [2.24, 2.45) is 0 Å². The number of para-hydroxylation sites is 2. The van der Waals surface area contributed by atoms with E-state index < -0.39 is 121 Å². The first-order valence-electron chi connectivity index (χ1n) is 12.7. The number of anilines is 2. The van der Waals surface area contributed by atoms with Crippen LogP contribution < -0.4 is 21.2 Å². The Morgan fingerprint density at radius 1 is 0.277 bits per heavy atom. The van der Waals surface area contributed by atoms with Crippen molar-refractivity contribution in [3.8, 4) is 0 Å². The summed E-state index contributed by atoms with van der Waals surface area (Å²) in [7, 11) is 0. The minimum absolute atomic E-state index is 0.0468. The van der Waals surface area contributed by atoms with Gasteiger partial charge in [0.15, 0.2) is 58.6 Å². The highest BCUT2D eigenvalue weighted by atomic mass is 19.2. The molecule has 0 N–H and O–H groups in total. The van der Waals surface area contributed by atoms with Gasteiger partial charge in [-0.15, -0.1) is 16.4 Å². The fraction of sp³-hybridized carbons (Fsp3) is 0. The van der Waals surface area contributed by atoms with Crippen molar-refractivity contribution in [1.82, 2.24) is 0 Å². The van der Waals surface area contributed by atoms with Crippen LogP contribution in [0.2, 0.25) is 0 Å². The van der Waals surface area contributed by atoms with Crippen LogP contribution in [0.15, 0.2) is 60.7 Å². The smallest absolute Gasteiger partial charge is 0.200 e. The minimum atomic E-state index is -6.03. The van der Waals surface area contributed by atoms with Crippen LogP contribution in [0.3, 0.4) is 0 Å². The molecule has 0 radical (unpaired) electrons. The molecule has 0 saturated carbocycles. The quantitative estimate of drug-likeness (QED) is 0.0775. The molecule has 0 atom stereocenters. The SMILES string of the molecule is Fc1c(F)c(F)c([B-](c2c(F)c(F)c(F)c(F)c2F)(c2c(F)c(F)c(F)c(F)c2F)N(c2ccccc2)c2ccccc2)c(F)c1F. The molecule has 0 aliphatic rings. The second-order valence-corrected chi connectivity index (χ2v) is 9.81. The second kappa shape index (κ2) is 11.9. The Balaban J connectivity index is 2.31. The van der Waals surface area contributed by atoms with E-state index in [1.54, 1.807) is 0 Å². The summed E-state index contributed by atoms with van der Waals surface area (Å²) in [6.45, 7) is 0. The molecule has 244 valence electrons. The van der Waals surface area contributed by atoms with Gasteiger partial charge in [0.1, 0.15) is 34.9 Å². The van der Waals surface area contributed by atoms with Crippen molar-refractivity contribution in [3.63, 3.8) is 0 Å². The Morgan fingerprint density at radius 3 is 0.681 bits per heavy atom. The molecule has 0 spiro atoms. The van der Waals surface area contributed by atoms with Crippen LogP contribution in [0, 0.1) is 87.3 Å². The Labute approximate surface area is 253 Å². The van der Waals surface area contributed by atoms with Gasteiger partial charge in [0, 0.05) is 11.4 Å². The average Bonchev–Trinajstić information content (AvgIpc) is 3.07. The van der Waals surface area contributed by atoms with Crippen LogP contribution in [-0.2, 0) is 0 Å². The molecule has 5 aromatic carbocycles. The van der Waals surface area contributed by atoms with Gasteiger partial charge in [-0.2, -0.15) is 0 Å². The summed E-state index contributed by atoms with van der Waals surface area (Å²) < 4.78 is 229. The van der Waals surface area contributed by atoms with Gasteiger partial charge in [-0.3, -0.25) is 0 Å². The third kappa shape index (κ3) is 4.69. The maximum absolute atomic E-state index is 16.0. The molecular formula is C30H10BF15N-. The summed E-state index contributed by atoms with van der Waals surface area (Å²) in [6.07, 6.45) is -6.03. The Kier molecular flexibility index (Phi) is 8.45. The zero-order valence-corrected chi connectivity index (χ0v) is 22.5. The topological polar surface area (TPSA) is 3.24 Å². The number of hydrogen-bond acceptors (Lipinski definition) is 1. The summed E-state index contributed by atoms with van der Waals surface area (Å²) in [6, 6.07) is 9.64. The lowest BCUT2D eigenvalue weighted by molar-refractivity contribution is 0.379. The summed E-state index contributed by atoms with van der Waals surface area (Å²) >= 11 is 0. The summed E-state index contributed by atoms with van der Waals surface area (Å²) in [4.78, 5) is -0.0468. The standard InChI is InChI=1S/C30H10BF15N/c32-16-13(17(33)23(39)28(44)22(16)38)31(14-18(34)24(40)29(45)25(41)19(14)35,15-20(36)26(42)30(46)27(43)21(15)37)47(11-7-3-1-4-8-11)12-9-5-2-6-10-12/h1-10H/q-1. The molecule has 17 heteroatoms. The predicted octanol–water partition coefficient (Wildman–Crippen LogP) is 7.58. The highest BCUT2D eigenvalue weighted by Gasteiger charge is 2.52. The van der Waals surface area contributed by atoms with Gasteiger partial charge in [0.2, 0.25) is 0 Å². The third-order valence-corrected chi connectivity index (χ3v) is 7.44. The molecule has 47 heavy (non-hydrogen) atoms. The van der Waals surface area contributed by atoms with E-state index in [1.165, 1.54) is 12.1 Å². The summed E-state index contributed by atoms with van der Waals surface area (Å²) in [5.74, 6) is -46.0. The fourth-order valence-corrected chi connectivity index (χ4v) is 5.56. The molecular weight excluding hydrogens is 670 g/mol. The fourth-order valence-electron chi connectivity index (χ4n) is 5.56. The number of hydrogen-bond donors (Lipinski definition) is 0. The minimum Gasteiger partial charge on any atom is -0.504 e. The normalized spacial score (nSPS) is 11.7. The van der Waals surface area contributed by atoms with Crippen molar-refractivity contribution in [2.75, 3.05) is 4.81 Å². The number of benzene rings is 5. The highest BCUT2D eigenvalue weighted by molar-refractivity contribution is 7.14. The Morgan fingerprint density at radius 2 is 0.468 bits per heavy atom. The zero-order valence-electron chi connectivity index (χ0n) is 22.5. The van der Waals surface area contributed by atoms with Gasteiger partial charge in [-0.1, -0.05) is 36.4 Å². The van der Waals surface area contributed by atoms with E-state index in [1.807, 2.05) is 0 Å². The number of nitrogens with zero attached hydrogens (tertiary/aromatic N) is 1. The Bertz CT molecular complexity index is 1760. The third-order valence-electron chi connectivity index (χ3n) is 7.44. The summed E-state index contributed by atoms with van der Waals surface area (Å²) in [5.41, 5.74) is -9.83. The van der Waals surface area contributed by atoms with Crippen LogP contribution in [0.4, 0.5) is 77.2 Å². The van der Waals surface area contributed by atoms with Gasteiger partial charge < -0.3 is 4.81 Å². The van der Waals surface area contributed by atoms with Crippen molar-refractivity contribution in [3.05, 3.63) is 148 Å². The first-order chi connectivity index (χ1) is 22.1. The molecule has 0 bridgehead atoms. The van der Waals surface area contributed by atoms with Crippen LogP contribution in [0.25, 0.3) is 0 Å². The number of rotatable bonds is 6.